The van der Waals surface area contributed by atoms with Crippen LogP contribution in [-0.4, -0.2) is 25.7 Å². The number of ether oxygens (including phenoxy) is 2. The predicted octanol–water partition coefficient (Wildman–Crippen LogP) is 2.70. The normalized spacial score (nSPS) is 10.4. The lowest BCUT2D eigenvalue weighted by atomic mass is 9.96. The molecule has 0 unspecified atom stereocenters. The number of carbonyl (C=O) groups is 2. The standard InChI is InChI=1S/C15H20O4/c1-5-19-15(17)13-8-11(10(2)3)6-7-12(13)9-14(16)18-4/h6-8,10H,5,9H2,1-4H3. The second-order valence-corrected chi connectivity index (χ2v) is 4.54. The first-order chi connectivity index (χ1) is 8.99. The Kier molecular flexibility index (Phi) is 5.55. The third-order valence-corrected chi connectivity index (χ3v) is 2.86. The molecule has 4 nitrogen and oxygen atoms in total. The smallest absolute Gasteiger partial charge is 0.338 e. The Morgan fingerprint density at radius 2 is 1.95 bits per heavy atom. The van der Waals surface area contributed by atoms with Crippen LogP contribution in [0.5, 0.6) is 0 Å². The Bertz CT molecular complexity index is 463. The van der Waals surface area contributed by atoms with Crippen LogP contribution in [0.3, 0.4) is 0 Å². The van der Waals surface area contributed by atoms with Gasteiger partial charge >= 0.3 is 11.9 Å². The highest BCUT2D eigenvalue weighted by atomic mass is 16.5. The van der Waals surface area contributed by atoms with E-state index in [1.807, 2.05) is 19.9 Å². The van der Waals surface area contributed by atoms with Crippen molar-refractivity contribution in [2.45, 2.75) is 33.1 Å². The van der Waals surface area contributed by atoms with Gasteiger partial charge in [-0.1, -0.05) is 26.0 Å². The Morgan fingerprint density at radius 3 is 2.47 bits per heavy atom. The lowest BCUT2D eigenvalue weighted by Crippen LogP contribution is -2.13. The molecule has 0 N–H and O–H groups in total. The number of rotatable bonds is 5. The molecule has 0 aliphatic heterocycles. The van der Waals surface area contributed by atoms with E-state index in [1.54, 1.807) is 19.1 Å². The summed E-state index contributed by atoms with van der Waals surface area (Å²) in [7, 11) is 1.33. The van der Waals surface area contributed by atoms with Gasteiger partial charge in [0.2, 0.25) is 0 Å². The summed E-state index contributed by atoms with van der Waals surface area (Å²) in [5.41, 5.74) is 2.12. The fraction of sp³-hybridized carbons (Fsp3) is 0.467. The van der Waals surface area contributed by atoms with E-state index >= 15 is 0 Å². The summed E-state index contributed by atoms with van der Waals surface area (Å²) < 4.78 is 9.66. The number of hydrogen-bond acceptors (Lipinski definition) is 4. The average molecular weight is 264 g/mol. The van der Waals surface area contributed by atoms with Gasteiger partial charge in [-0.05, 0) is 30.0 Å². The van der Waals surface area contributed by atoms with Gasteiger partial charge in [0, 0.05) is 0 Å². The van der Waals surface area contributed by atoms with Gasteiger partial charge in [-0.3, -0.25) is 4.79 Å². The average Bonchev–Trinajstić information content (AvgIpc) is 2.38. The Balaban J connectivity index is 3.14. The Hall–Kier alpha value is -1.84. The van der Waals surface area contributed by atoms with Crippen molar-refractivity contribution < 1.29 is 19.1 Å². The molecule has 0 amide bonds. The monoisotopic (exact) mass is 264 g/mol. The van der Waals surface area contributed by atoms with E-state index in [4.69, 9.17) is 4.74 Å². The number of benzene rings is 1. The molecule has 0 spiro atoms. The first-order valence-corrected chi connectivity index (χ1v) is 6.36. The molecular formula is C15H20O4. The van der Waals surface area contributed by atoms with Crippen molar-refractivity contribution in [1.29, 1.82) is 0 Å². The lowest BCUT2D eigenvalue weighted by Gasteiger charge is -2.12. The molecule has 0 bridgehead atoms. The molecule has 1 aromatic rings. The summed E-state index contributed by atoms with van der Waals surface area (Å²) in [5.74, 6) is -0.466. The van der Waals surface area contributed by atoms with E-state index in [1.165, 1.54) is 7.11 Å². The zero-order valence-electron chi connectivity index (χ0n) is 11.9. The van der Waals surface area contributed by atoms with Gasteiger partial charge in [0.05, 0.1) is 25.7 Å². The van der Waals surface area contributed by atoms with Crippen LogP contribution in [0, 0.1) is 0 Å². The first-order valence-electron chi connectivity index (χ1n) is 6.36. The molecule has 0 radical (unpaired) electrons. The van der Waals surface area contributed by atoms with Crippen molar-refractivity contribution in [3.8, 4) is 0 Å². The molecule has 0 aromatic heterocycles. The van der Waals surface area contributed by atoms with Gasteiger partial charge in [-0.15, -0.1) is 0 Å². The largest absolute Gasteiger partial charge is 0.469 e. The molecule has 0 atom stereocenters. The van der Waals surface area contributed by atoms with E-state index in [-0.39, 0.29) is 12.4 Å². The summed E-state index contributed by atoms with van der Waals surface area (Å²) in [5, 5.41) is 0. The zero-order valence-corrected chi connectivity index (χ0v) is 11.9. The van der Waals surface area contributed by atoms with Crippen molar-refractivity contribution in [1.82, 2.24) is 0 Å². The maximum atomic E-state index is 11.9. The van der Waals surface area contributed by atoms with Crippen LogP contribution in [0.25, 0.3) is 0 Å². The second kappa shape index (κ2) is 6.92. The lowest BCUT2D eigenvalue weighted by molar-refractivity contribution is -0.139. The molecule has 0 fully saturated rings. The Morgan fingerprint density at radius 1 is 1.26 bits per heavy atom. The second-order valence-electron chi connectivity index (χ2n) is 4.54. The molecule has 1 rings (SSSR count). The highest BCUT2D eigenvalue weighted by molar-refractivity contribution is 5.92. The van der Waals surface area contributed by atoms with Gasteiger partial charge in [-0.2, -0.15) is 0 Å². The van der Waals surface area contributed by atoms with Crippen molar-refractivity contribution in [3.63, 3.8) is 0 Å². The number of methoxy groups -OCH3 is 1. The molecule has 0 aliphatic rings. The van der Waals surface area contributed by atoms with Crippen LogP contribution in [0.4, 0.5) is 0 Å². The molecule has 0 heterocycles. The fourth-order valence-electron chi connectivity index (χ4n) is 1.73. The summed E-state index contributed by atoms with van der Waals surface area (Å²) in [4.78, 5) is 23.3. The minimum atomic E-state index is -0.399. The van der Waals surface area contributed by atoms with E-state index < -0.39 is 5.97 Å². The SMILES string of the molecule is CCOC(=O)c1cc(C(C)C)ccc1CC(=O)OC. The molecule has 0 saturated carbocycles. The van der Waals surface area contributed by atoms with Gasteiger partial charge in [0.25, 0.3) is 0 Å². The highest BCUT2D eigenvalue weighted by Gasteiger charge is 2.16. The van der Waals surface area contributed by atoms with Crippen molar-refractivity contribution in [2.24, 2.45) is 0 Å². The summed E-state index contributed by atoms with van der Waals surface area (Å²) in [6.45, 7) is 6.15. The molecule has 19 heavy (non-hydrogen) atoms. The summed E-state index contributed by atoms with van der Waals surface area (Å²) >= 11 is 0. The minimum absolute atomic E-state index is 0.0724. The van der Waals surface area contributed by atoms with Gasteiger partial charge in [-0.25, -0.2) is 4.79 Å². The number of esters is 2. The number of carbonyl (C=O) groups excluding carboxylic acids is 2. The van der Waals surface area contributed by atoms with Crippen LogP contribution in [-0.2, 0) is 20.7 Å². The van der Waals surface area contributed by atoms with Crippen molar-refractivity contribution in [3.05, 3.63) is 34.9 Å². The van der Waals surface area contributed by atoms with Gasteiger partial charge in [0.15, 0.2) is 0 Å². The highest BCUT2D eigenvalue weighted by Crippen LogP contribution is 2.20. The van der Waals surface area contributed by atoms with E-state index in [2.05, 4.69) is 4.74 Å². The summed E-state index contributed by atoms with van der Waals surface area (Å²) in [6.07, 6.45) is 0.0724. The topological polar surface area (TPSA) is 52.6 Å². The minimum Gasteiger partial charge on any atom is -0.469 e. The molecule has 0 saturated heterocycles. The van der Waals surface area contributed by atoms with Crippen molar-refractivity contribution in [2.75, 3.05) is 13.7 Å². The van der Waals surface area contributed by atoms with E-state index in [0.29, 0.717) is 23.7 Å². The van der Waals surface area contributed by atoms with Gasteiger partial charge < -0.3 is 9.47 Å². The zero-order chi connectivity index (χ0) is 14.4. The van der Waals surface area contributed by atoms with Crippen LogP contribution < -0.4 is 0 Å². The van der Waals surface area contributed by atoms with Crippen LogP contribution in [0.15, 0.2) is 18.2 Å². The predicted molar refractivity (Wildman–Crippen MR) is 72.2 cm³/mol. The molecule has 1 aromatic carbocycles. The van der Waals surface area contributed by atoms with Crippen LogP contribution in [0.1, 0.15) is 48.2 Å². The maximum Gasteiger partial charge on any atom is 0.338 e. The van der Waals surface area contributed by atoms with E-state index in [0.717, 1.165) is 5.56 Å². The number of hydrogen-bond donors (Lipinski definition) is 0. The maximum absolute atomic E-state index is 11.9. The fourth-order valence-corrected chi connectivity index (χ4v) is 1.73. The van der Waals surface area contributed by atoms with Gasteiger partial charge in [0.1, 0.15) is 0 Å². The van der Waals surface area contributed by atoms with E-state index in [9.17, 15) is 9.59 Å². The molecule has 104 valence electrons. The van der Waals surface area contributed by atoms with Crippen LogP contribution >= 0.6 is 0 Å². The quantitative estimate of drug-likeness (QED) is 0.767. The first kappa shape index (κ1) is 15.2. The summed E-state index contributed by atoms with van der Waals surface area (Å²) in [6, 6.07) is 5.51. The Labute approximate surface area is 113 Å². The third kappa shape index (κ3) is 4.09. The van der Waals surface area contributed by atoms with Crippen molar-refractivity contribution >= 4 is 11.9 Å². The molecule has 0 aliphatic carbocycles. The third-order valence-electron chi connectivity index (χ3n) is 2.86. The van der Waals surface area contributed by atoms with Crippen LogP contribution in [0.2, 0.25) is 0 Å². The molecule has 4 heteroatoms. The molecular weight excluding hydrogens is 244 g/mol.